The number of ketones is 1. The molecule has 0 saturated carbocycles. The largest absolute Gasteiger partial charge is 0.497 e. The van der Waals surface area contributed by atoms with Crippen LogP contribution in [0.2, 0.25) is 0 Å². The number of nitrogens with one attached hydrogen (secondary N) is 1. The first-order valence-electron chi connectivity index (χ1n) is 9.34. The lowest BCUT2D eigenvalue weighted by molar-refractivity contribution is 0.0904. The molecule has 0 saturated heterocycles. The van der Waals surface area contributed by atoms with Crippen molar-refractivity contribution < 1.29 is 14.3 Å². The van der Waals surface area contributed by atoms with E-state index in [1.165, 1.54) is 0 Å². The number of nitrogens with zero attached hydrogens (tertiary/aromatic N) is 1. The standard InChI is InChI=1S/C22H28N2O3/c1-4-12-24(5-2)16-17-8-6-10-19(13-17)22(26)23-15-21(25)18-9-7-11-20(14-18)27-3/h6-11,13-14H,4-5,12,15-16H2,1-3H3,(H,23,26). The molecule has 5 nitrogen and oxygen atoms in total. The lowest BCUT2D eigenvalue weighted by Gasteiger charge is -2.19. The summed E-state index contributed by atoms with van der Waals surface area (Å²) in [4.78, 5) is 27.1. The number of hydrogen-bond acceptors (Lipinski definition) is 4. The van der Waals surface area contributed by atoms with Gasteiger partial charge in [-0.3, -0.25) is 14.5 Å². The van der Waals surface area contributed by atoms with Crippen LogP contribution in [0.5, 0.6) is 5.75 Å². The number of amides is 1. The Morgan fingerprint density at radius 3 is 2.48 bits per heavy atom. The van der Waals surface area contributed by atoms with E-state index in [9.17, 15) is 9.59 Å². The zero-order chi connectivity index (χ0) is 19.6. The maximum atomic E-state index is 12.4. The van der Waals surface area contributed by atoms with Crippen molar-refractivity contribution in [2.24, 2.45) is 0 Å². The lowest BCUT2D eigenvalue weighted by atomic mass is 10.1. The number of rotatable bonds is 10. The van der Waals surface area contributed by atoms with Gasteiger partial charge in [-0.1, -0.05) is 38.1 Å². The molecular weight excluding hydrogens is 340 g/mol. The van der Waals surface area contributed by atoms with Crippen molar-refractivity contribution in [1.29, 1.82) is 0 Å². The first kappa shape index (κ1) is 20.6. The van der Waals surface area contributed by atoms with E-state index in [1.54, 1.807) is 37.4 Å². The highest BCUT2D eigenvalue weighted by Crippen LogP contribution is 2.13. The first-order chi connectivity index (χ1) is 13.1. The molecular formula is C22H28N2O3. The Kier molecular flexibility index (Phi) is 8.01. The van der Waals surface area contributed by atoms with E-state index < -0.39 is 0 Å². The van der Waals surface area contributed by atoms with Gasteiger partial charge in [0.2, 0.25) is 0 Å². The number of carbonyl (C=O) groups excluding carboxylic acids is 2. The number of ether oxygens (including phenoxy) is 1. The third-order valence-corrected chi connectivity index (χ3v) is 4.38. The zero-order valence-electron chi connectivity index (χ0n) is 16.3. The number of Topliss-reactive ketones (excluding diaryl/α,β-unsaturated/α-hetero) is 1. The van der Waals surface area contributed by atoms with Crippen molar-refractivity contribution in [2.45, 2.75) is 26.8 Å². The fraction of sp³-hybridized carbons (Fsp3) is 0.364. The highest BCUT2D eigenvalue weighted by Gasteiger charge is 2.12. The number of methoxy groups -OCH3 is 1. The van der Waals surface area contributed by atoms with Crippen LogP contribution in [0, 0.1) is 0 Å². The summed E-state index contributed by atoms with van der Waals surface area (Å²) in [6, 6.07) is 14.5. The van der Waals surface area contributed by atoms with Crippen LogP contribution in [0.1, 0.15) is 46.5 Å². The Hall–Kier alpha value is -2.66. The summed E-state index contributed by atoms with van der Waals surface area (Å²) in [6.45, 7) is 7.06. The van der Waals surface area contributed by atoms with Gasteiger partial charge in [0.25, 0.3) is 5.91 Å². The molecule has 1 N–H and O–H groups in total. The molecule has 0 heterocycles. The molecule has 0 aliphatic heterocycles. The summed E-state index contributed by atoms with van der Waals surface area (Å²) < 4.78 is 5.13. The molecule has 5 heteroatoms. The summed E-state index contributed by atoms with van der Waals surface area (Å²) in [5.41, 5.74) is 2.18. The quantitative estimate of drug-likeness (QED) is 0.652. The second kappa shape index (κ2) is 10.5. The van der Waals surface area contributed by atoms with Gasteiger partial charge in [0, 0.05) is 17.7 Å². The van der Waals surface area contributed by atoms with Crippen LogP contribution in [-0.2, 0) is 6.54 Å². The molecule has 1 amide bonds. The van der Waals surface area contributed by atoms with E-state index >= 15 is 0 Å². The van der Waals surface area contributed by atoms with Gasteiger partial charge < -0.3 is 10.1 Å². The minimum atomic E-state index is -0.244. The summed E-state index contributed by atoms with van der Waals surface area (Å²) in [5.74, 6) is 0.220. The van der Waals surface area contributed by atoms with Gasteiger partial charge in [0.1, 0.15) is 5.75 Å². The van der Waals surface area contributed by atoms with Crippen LogP contribution in [0.15, 0.2) is 48.5 Å². The molecule has 144 valence electrons. The van der Waals surface area contributed by atoms with Crippen LogP contribution < -0.4 is 10.1 Å². The second-order valence-electron chi connectivity index (χ2n) is 6.41. The van der Waals surface area contributed by atoms with E-state index in [-0.39, 0.29) is 18.2 Å². The van der Waals surface area contributed by atoms with Crippen LogP contribution in [0.25, 0.3) is 0 Å². The van der Waals surface area contributed by atoms with Crippen LogP contribution in [0.4, 0.5) is 0 Å². The molecule has 0 atom stereocenters. The molecule has 0 fully saturated rings. The van der Waals surface area contributed by atoms with Gasteiger partial charge in [0.05, 0.1) is 13.7 Å². The summed E-state index contributed by atoms with van der Waals surface area (Å²) in [5, 5.41) is 2.71. The Balaban J connectivity index is 1.97. The summed E-state index contributed by atoms with van der Waals surface area (Å²) in [6.07, 6.45) is 1.10. The van der Waals surface area contributed by atoms with E-state index in [4.69, 9.17) is 4.74 Å². The topological polar surface area (TPSA) is 58.6 Å². The number of carbonyl (C=O) groups is 2. The highest BCUT2D eigenvalue weighted by molar-refractivity contribution is 6.02. The highest BCUT2D eigenvalue weighted by atomic mass is 16.5. The molecule has 0 aliphatic carbocycles. The van der Waals surface area contributed by atoms with Crippen LogP contribution in [0.3, 0.4) is 0 Å². The minimum Gasteiger partial charge on any atom is -0.497 e. The molecule has 0 radical (unpaired) electrons. The Labute approximate surface area is 161 Å². The Morgan fingerprint density at radius 1 is 1.04 bits per heavy atom. The van der Waals surface area contributed by atoms with Gasteiger partial charge in [-0.25, -0.2) is 0 Å². The van der Waals surface area contributed by atoms with E-state index in [1.807, 2.05) is 18.2 Å². The average molecular weight is 368 g/mol. The minimum absolute atomic E-state index is 0.0485. The summed E-state index contributed by atoms with van der Waals surface area (Å²) >= 11 is 0. The number of benzene rings is 2. The smallest absolute Gasteiger partial charge is 0.251 e. The molecule has 0 unspecified atom stereocenters. The third kappa shape index (κ3) is 6.22. The normalized spacial score (nSPS) is 10.7. The van der Waals surface area contributed by atoms with Crippen molar-refractivity contribution in [3.05, 3.63) is 65.2 Å². The van der Waals surface area contributed by atoms with Gasteiger partial charge in [-0.05, 0) is 49.3 Å². The number of hydrogen-bond donors (Lipinski definition) is 1. The van der Waals surface area contributed by atoms with Crippen molar-refractivity contribution in [2.75, 3.05) is 26.7 Å². The molecule has 27 heavy (non-hydrogen) atoms. The van der Waals surface area contributed by atoms with E-state index in [0.717, 1.165) is 31.6 Å². The molecule has 0 bridgehead atoms. The molecule has 2 aromatic rings. The third-order valence-electron chi connectivity index (χ3n) is 4.38. The van der Waals surface area contributed by atoms with Gasteiger partial charge >= 0.3 is 0 Å². The summed E-state index contributed by atoms with van der Waals surface area (Å²) in [7, 11) is 1.55. The molecule has 0 aromatic heterocycles. The Morgan fingerprint density at radius 2 is 1.78 bits per heavy atom. The fourth-order valence-electron chi connectivity index (χ4n) is 2.90. The predicted octanol–water partition coefficient (Wildman–Crippen LogP) is 3.54. The molecule has 0 aliphatic rings. The van der Waals surface area contributed by atoms with Crippen molar-refractivity contribution in [1.82, 2.24) is 10.2 Å². The van der Waals surface area contributed by atoms with Crippen LogP contribution >= 0.6 is 0 Å². The van der Waals surface area contributed by atoms with Gasteiger partial charge in [0.15, 0.2) is 5.78 Å². The Bertz CT molecular complexity index is 774. The van der Waals surface area contributed by atoms with E-state index in [2.05, 4.69) is 24.1 Å². The molecule has 0 spiro atoms. The monoisotopic (exact) mass is 368 g/mol. The SMILES string of the molecule is CCCN(CC)Cc1cccc(C(=O)NCC(=O)c2cccc(OC)c2)c1. The average Bonchev–Trinajstić information content (AvgIpc) is 2.71. The van der Waals surface area contributed by atoms with Gasteiger partial charge in [-0.2, -0.15) is 0 Å². The van der Waals surface area contributed by atoms with Gasteiger partial charge in [-0.15, -0.1) is 0 Å². The first-order valence-corrected chi connectivity index (χ1v) is 9.34. The predicted molar refractivity (Wildman–Crippen MR) is 107 cm³/mol. The maximum Gasteiger partial charge on any atom is 0.251 e. The van der Waals surface area contributed by atoms with Crippen molar-refractivity contribution in [3.63, 3.8) is 0 Å². The second-order valence-corrected chi connectivity index (χ2v) is 6.41. The zero-order valence-corrected chi connectivity index (χ0v) is 16.3. The molecule has 2 rings (SSSR count). The maximum absolute atomic E-state index is 12.4. The van der Waals surface area contributed by atoms with Crippen molar-refractivity contribution >= 4 is 11.7 Å². The van der Waals surface area contributed by atoms with Crippen molar-refractivity contribution in [3.8, 4) is 5.75 Å². The van der Waals surface area contributed by atoms with Crippen LogP contribution in [-0.4, -0.2) is 43.3 Å². The molecule has 2 aromatic carbocycles. The fourth-order valence-corrected chi connectivity index (χ4v) is 2.90. The lowest BCUT2D eigenvalue weighted by Crippen LogP contribution is -2.29. The van der Waals surface area contributed by atoms with E-state index in [0.29, 0.717) is 16.9 Å².